The number of methoxy groups -OCH3 is 1. The molecule has 11 heteroatoms. The van der Waals surface area contributed by atoms with Crippen LogP contribution in [0.5, 0.6) is 0 Å². The molecule has 1 fully saturated rings. The van der Waals surface area contributed by atoms with Crippen LogP contribution in [-0.4, -0.2) is 56.0 Å². The van der Waals surface area contributed by atoms with Gasteiger partial charge < -0.3 is 14.4 Å². The highest BCUT2D eigenvalue weighted by molar-refractivity contribution is 6.30. The van der Waals surface area contributed by atoms with Gasteiger partial charge >= 0.3 is 0 Å². The lowest BCUT2D eigenvalue weighted by molar-refractivity contribution is -0.0179. The van der Waals surface area contributed by atoms with Crippen LogP contribution in [0.2, 0.25) is 5.02 Å². The standard InChI is InChI=1S/C24H25ClFN7O2/c1-13-9-32(11-20(35-13)16-8-27-33(10-16)12-34-4)24-30-21(18-6-5-17(25)7-19(18)26)22-23(31-24)29-15(3)14(2)28-22/h5-8,10,13,20H,9,11-12H2,1-4H3/t13-,20-/m0/s1. The van der Waals surface area contributed by atoms with E-state index < -0.39 is 5.82 Å². The summed E-state index contributed by atoms with van der Waals surface area (Å²) >= 11 is 6.00. The van der Waals surface area contributed by atoms with E-state index in [1.54, 1.807) is 30.1 Å². The summed E-state index contributed by atoms with van der Waals surface area (Å²) in [4.78, 5) is 20.8. The number of nitrogens with zero attached hydrogens (tertiary/aromatic N) is 7. The van der Waals surface area contributed by atoms with Crippen LogP contribution < -0.4 is 4.90 Å². The van der Waals surface area contributed by atoms with Gasteiger partial charge in [0.2, 0.25) is 5.95 Å². The molecule has 1 aromatic carbocycles. The van der Waals surface area contributed by atoms with Crippen molar-refractivity contribution in [3.8, 4) is 11.3 Å². The van der Waals surface area contributed by atoms with Gasteiger partial charge in [-0.05, 0) is 39.0 Å². The van der Waals surface area contributed by atoms with Crippen molar-refractivity contribution in [2.45, 2.75) is 39.7 Å². The highest BCUT2D eigenvalue weighted by atomic mass is 35.5. The minimum atomic E-state index is -0.484. The highest BCUT2D eigenvalue weighted by Crippen LogP contribution is 2.32. The summed E-state index contributed by atoms with van der Waals surface area (Å²) in [5.41, 5.74) is 3.93. The summed E-state index contributed by atoms with van der Waals surface area (Å²) in [5.74, 6) is -0.0499. The van der Waals surface area contributed by atoms with Crippen LogP contribution >= 0.6 is 11.6 Å². The molecule has 35 heavy (non-hydrogen) atoms. The second-order valence-corrected chi connectivity index (χ2v) is 9.07. The van der Waals surface area contributed by atoms with Crippen molar-refractivity contribution in [2.75, 3.05) is 25.1 Å². The van der Waals surface area contributed by atoms with Crippen LogP contribution in [0.15, 0.2) is 30.6 Å². The number of hydrogen-bond donors (Lipinski definition) is 0. The molecule has 1 aliphatic heterocycles. The monoisotopic (exact) mass is 497 g/mol. The fraction of sp³-hybridized carbons (Fsp3) is 0.375. The van der Waals surface area contributed by atoms with Gasteiger partial charge in [-0.3, -0.25) is 0 Å². The molecule has 1 aliphatic rings. The number of fused-ring (bicyclic) bond motifs is 1. The molecular formula is C24H25ClFN7O2. The van der Waals surface area contributed by atoms with E-state index in [4.69, 9.17) is 31.0 Å². The minimum Gasteiger partial charge on any atom is -0.367 e. The van der Waals surface area contributed by atoms with Crippen molar-refractivity contribution in [1.82, 2.24) is 29.7 Å². The molecule has 4 heterocycles. The van der Waals surface area contributed by atoms with Crippen LogP contribution in [0.3, 0.4) is 0 Å². The normalized spacial score (nSPS) is 18.4. The number of aromatic nitrogens is 6. The largest absolute Gasteiger partial charge is 0.367 e. The number of halogens is 2. The third-order valence-corrected chi connectivity index (χ3v) is 6.18. The Morgan fingerprint density at radius 2 is 1.94 bits per heavy atom. The fourth-order valence-corrected chi connectivity index (χ4v) is 4.32. The van der Waals surface area contributed by atoms with Gasteiger partial charge in [-0.15, -0.1) is 0 Å². The molecule has 0 saturated carbocycles. The van der Waals surface area contributed by atoms with E-state index in [9.17, 15) is 4.39 Å². The third-order valence-electron chi connectivity index (χ3n) is 5.95. The second-order valence-electron chi connectivity index (χ2n) is 8.63. The third kappa shape index (κ3) is 4.69. The van der Waals surface area contributed by atoms with E-state index in [1.165, 1.54) is 6.07 Å². The molecule has 5 rings (SSSR count). The molecule has 0 N–H and O–H groups in total. The molecule has 182 valence electrons. The average molecular weight is 498 g/mol. The van der Waals surface area contributed by atoms with E-state index in [0.717, 1.165) is 17.0 Å². The minimum absolute atomic E-state index is 0.0969. The Morgan fingerprint density at radius 1 is 1.14 bits per heavy atom. The van der Waals surface area contributed by atoms with E-state index >= 15 is 0 Å². The number of ether oxygens (including phenoxy) is 2. The van der Waals surface area contributed by atoms with Gasteiger partial charge in [0.1, 0.15) is 29.9 Å². The SMILES string of the molecule is COCn1cc([C@@H]2CN(c3nc(-c4ccc(Cl)cc4F)c4nc(C)c(C)nc4n3)C[C@H](C)O2)cn1. The van der Waals surface area contributed by atoms with Crippen molar-refractivity contribution < 1.29 is 13.9 Å². The predicted octanol–water partition coefficient (Wildman–Crippen LogP) is 4.26. The zero-order valence-corrected chi connectivity index (χ0v) is 20.6. The zero-order chi connectivity index (χ0) is 24.7. The molecule has 0 amide bonds. The van der Waals surface area contributed by atoms with E-state index in [2.05, 4.69) is 15.1 Å². The van der Waals surface area contributed by atoms with Crippen LogP contribution in [0, 0.1) is 19.7 Å². The summed E-state index contributed by atoms with van der Waals surface area (Å²) < 4.78 is 28.0. The second kappa shape index (κ2) is 9.44. The molecule has 0 bridgehead atoms. The maximum Gasteiger partial charge on any atom is 0.228 e. The lowest BCUT2D eigenvalue weighted by atomic mass is 10.1. The van der Waals surface area contributed by atoms with Gasteiger partial charge in [0.25, 0.3) is 0 Å². The molecule has 0 spiro atoms. The van der Waals surface area contributed by atoms with Crippen molar-refractivity contribution in [2.24, 2.45) is 0 Å². The number of anilines is 1. The summed E-state index contributed by atoms with van der Waals surface area (Å²) in [6.45, 7) is 7.14. The summed E-state index contributed by atoms with van der Waals surface area (Å²) in [5, 5.41) is 4.63. The Kier molecular flexibility index (Phi) is 6.35. The topological polar surface area (TPSA) is 91.1 Å². The Bertz CT molecular complexity index is 1400. The van der Waals surface area contributed by atoms with Crippen LogP contribution in [-0.2, 0) is 16.2 Å². The Morgan fingerprint density at radius 3 is 2.71 bits per heavy atom. The zero-order valence-electron chi connectivity index (χ0n) is 19.9. The van der Waals surface area contributed by atoms with Crippen molar-refractivity contribution in [3.63, 3.8) is 0 Å². The first-order valence-electron chi connectivity index (χ1n) is 11.2. The summed E-state index contributed by atoms with van der Waals surface area (Å²) in [6, 6.07) is 4.51. The van der Waals surface area contributed by atoms with Gasteiger partial charge in [0.05, 0.1) is 30.2 Å². The summed E-state index contributed by atoms with van der Waals surface area (Å²) in [6.07, 6.45) is 3.33. The quantitative estimate of drug-likeness (QED) is 0.404. The Balaban J connectivity index is 1.59. The lowest BCUT2D eigenvalue weighted by Gasteiger charge is -2.36. The number of morpholine rings is 1. The molecule has 2 atom stereocenters. The van der Waals surface area contributed by atoms with E-state index in [-0.39, 0.29) is 12.2 Å². The number of hydrogen-bond acceptors (Lipinski definition) is 8. The maximum atomic E-state index is 15.0. The van der Waals surface area contributed by atoms with E-state index in [1.807, 2.05) is 31.9 Å². The first-order chi connectivity index (χ1) is 16.8. The van der Waals surface area contributed by atoms with Crippen LogP contribution in [0.4, 0.5) is 10.3 Å². The number of aryl methyl sites for hydroxylation is 2. The van der Waals surface area contributed by atoms with Crippen molar-refractivity contribution in [1.29, 1.82) is 0 Å². The van der Waals surface area contributed by atoms with Gasteiger partial charge in [-0.2, -0.15) is 10.1 Å². The number of rotatable bonds is 5. The molecule has 3 aromatic heterocycles. The molecule has 0 unspecified atom stereocenters. The lowest BCUT2D eigenvalue weighted by Crippen LogP contribution is -2.43. The van der Waals surface area contributed by atoms with Crippen molar-refractivity contribution >= 4 is 28.7 Å². The first kappa shape index (κ1) is 23.5. The predicted molar refractivity (Wildman–Crippen MR) is 130 cm³/mol. The van der Waals surface area contributed by atoms with Crippen LogP contribution in [0.25, 0.3) is 22.4 Å². The fourth-order valence-electron chi connectivity index (χ4n) is 4.16. The molecule has 9 nitrogen and oxygen atoms in total. The van der Waals surface area contributed by atoms with Gasteiger partial charge in [-0.25, -0.2) is 24.0 Å². The molecule has 4 aromatic rings. The smallest absolute Gasteiger partial charge is 0.228 e. The highest BCUT2D eigenvalue weighted by Gasteiger charge is 2.30. The Labute approximate surface area is 206 Å². The molecule has 0 radical (unpaired) electrons. The average Bonchev–Trinajstić information content (AvgIpc) is 3.28. The van der Waals surface area contributed by atoms with Gasteiger partial charge in [0, 0.05) is 36.0 Å². The Hall–Kier alpha value is -3.21. The molecule has 1 saturated heterocycles. The molecular weight excluding hydrogens is 473 g/mol. The summed E-state index contributed by atoms with van der Waals surface area (Å²) in [7, 11) is 1.62. The van der Waals surface area contributed by atoms with Crippen molar-refractivity contribution in [3.05, 3.63) is 58.4 Å². The number of benzene rings is 1. The van der Waals surface area contributed by atoms with Gasteiger partial charge in [0.15, 0.2) is 5.65 Å². The van der Waals surface area contributed by atoms with Gasteiger partial charge in [-0.1, -0.05) is 11.6 Å². The first-order valence-corrected chi connectivity index (χ1v) is 11.6. The molecule has 0 aliphatic carbocycles. The maximum absolute atomic E-state index is 15.0. The van der Waals surface area contributed by atoms with E-state index in [0.29, 0.717) is 53.2 Å². The van der Waals surface area contributed by atoms with Crippen LogP contribution in [0.1, 0.15) is 30.0 Å².